The van der Waals surface area contributed by atoms with E-state index in [9.17, 15) is 14.0 Å². The Balaban J connectivity index is 1.99. The zero-order valence-electron chi connectivity index (χ0n) is 13.4. The van der Waals surface area contributed by atoms with Gasteiger partial charge in [-0.1, -0.05) is 34.1 Å². The number of benzene rings is 2. The molecule has 6 heteroatoms. The number of hydrogen-bond donors (Lipinski definition) is 1. The summed E-state index contributed by atoms with van der Waals surface area (Å²) in [4.78, 5) is 25.9. The van der Waals surface area contributed by atoms with Crippen LogP contribution in [0.25, 0.3) is 0 Å². The van der Waals surface area contributed by atoms with Crippen molar-refractivity contribution < 1.29 is 14.0 Å². The molecule has 2 rings (SSSR count). The molecule has 1 unspecified atom stereocenters. The molecule has 0 radical (unpaired) electrons. The van der Waals surface area contributed by atoms with E-state index in [0.717, 1.165) is 4.47 Å². The minimum absolute atomic E-state index is 0.121. The van der Waals surface area contributed by atoms with Gasteiger partial charge in [0.1, 0.15) is 11.9 Å². The molecular weight excluding hydrogens is 375 g/mol. The molecular formula is C18H18BrFN2O2. The van der Waals surface area contributed by atoms with Crippen LogP contribution in [0.15, 0.2) is 53.0 Å². The first kappa shape index (κ1) is 18.1. The molecule has 2 amide bonds. The molecule has 1 atom stereocenters. The molecule has 4 nitrogen and oxygen atoms in total. The molecule has 0 aromatic heterocycles. The summed E-state index contributed by atoms with van der Waals surface area (Å²) in [5.41, 5.74) is 0.889. The number of hydrogen-bond acceptors (Lipinski definition) is 2. The van der Waals surface area contributed by atoms with E-state index in [-0.39, 0.29) is 24.2 Å². The summed E-state index contributed by atoms with van der Waals surface area (Å²) >= 11 is 3.28. The van der Waals surface area contributed by atoms with Crippen molar-refractivity contribution >= 4 is 27.7 Å². The minimum Gasteiger partial charge on any atom is -0.341 e. The van der Waals surface area contributed by atoms with Gasteiger partial charge in [-0.2, -0.15) is 0 Å². The van der Waals surface area contributed by atoms with E-state index in [1.54, 1.807) is 50.4 Å². The Morgan fingerprint density at radius 2 is 1.88 bits per heavy atom. The molecule has 0 aliphatic rings. The average molecular weight is 393 g/mol. The Kier molecular flexibility index (Phi) is 6.09. The lowest BCUT2D eigenvalue weighted by Crippen LogP contribution is -2.45. The summed E-state index contributed by atoms with van der Waals surface area (Å²) < 4.78 is 14.5. The molecule has 0 saturated heterocycles. The van der Waals surface area contributed by atoms with E-state index in [4.69, 9.17) is 0 Å². The number of nitrogens with zero attached hydrogens (tertiary/aromatic N) is 1. The molecule has 126 valence electrons. The summed E-state index contributed by atoms with van der Waals surface area (Å²) in [5.74, 6) is -0.990. The van der Waals surface area contributed by atoms with Gasteiger partial charge in [-0.25, -0.2) is 4.39 Å². The lowest BCUT2D eigenvalue weighted by atomic mass is 10.1. The van der Waals surface area contributed by atoms with E-state index in [1.165, 1.54) is 11.0 Å². The van der Waals surface area contributed by atoms with Crippen LogP contribution in [-0.2, 0) is 11.3 Å². The van der Waals surface area contributed by atoms with Gasteiger partial charge >= 0.3 is 0 Å². The lowest BCUT2D eigenvalue weighted by molar-refractivity contribution is -0.132. The summed E-state index contributed by atoms with van der Waals surface area (Å²) in [7, 11) is 1.58. The normalized spacial score (nSPS) is 11.7. The van der Waals surface area contributed by atoms with Gasteiger partial charge in [-0.15, -0.1) is 0 Å². The molecule has 24 heavy (non-hydrogen) atoms. The minimum atomic E-state index is -0.710. The SMILES string of the molecule is CC(NC(=O)c1ccccc1)C(=O)N(C)Cc1cc(Br)ccc1F. The predicted molar refractivity (Wildman–Crippen MR) is 93.9 cm³/mol. The van der Waals surface area contributed by atoms with Crippen molar-refractivity contribution in [2.75, 3.05) is 7.05 Å². The first-order valence-electron chi connectivity index (χ1n) is 7.43. The molecule has 0 aliphatic carbocycles. The standard InChI is InChI=1S/C18H18BrFN2O2/c1-12(21-17(23)13-6-4-3-5-7-13)18(24)22(2)11-14-10-15(19)8-9-16(14)20/h3-10,12H,11H2,1-2H3,(H,21,23). The van der Waals surface area contributed by atoms with Gasteiger partial charge in [0.2, 0.25) is 5.91 Å². The van der Waals surface area contributed by atoms with Gasteiger partial charge in [0, 0.05) is 29.2 Å². The number of halogens is 2. The Hall–Kier alpha value is -2.21. The van der Waals surface area contributed by atoms with Crippen LogP contribution in [-0.4, -0.2) is 29.8 Å². The van der Waals surface area contributed by atoms with Crippen molar-refractivity contribution in [3.05, 3.63) is 69.9 Å². The van der Waals surface area contributed by atoms with Crippen molar-refractivity contribution in [3.8, 4) is 0 Å². The molecule has 0 heterocycles. The summed E-state index contributed by atoms with van der Waals surface area (Å²) in [6.45, 7) is 1.73. The Labute approximate surface area is 148 Å². The van der Waals surface area contributed by atoms with Crippen LogP contribution in [0.2, 0.25) is 0 Å². The van der Waals surface area contributed by atoms with E-state index >= 15 is 0 Å². The van der Waals surface area contributed by atoms with Crippen molar-refractivity contribution in [2.24, 2.45) is 0 Å². The van der Waals surface area contributed by atoms with E-state index in [0.29, 0.717) is 11.1 Å². The third-order valence-corrected chi connectivity index (χ3v) is 4.04. The second-order valence-electron chi connectivity index (χ2n) is 5.49. The highest BCUT2D eigenvalue weighted by Gasteiger charge is 2.21. The molecule has 0 saturated carbocycles. The summed E-state index contributed by atoms with van der Waals surface area (Å²) in [6.07, 6.45) is 0. The molecule has 0 aliphatic heterocycles. The van der Waals surface area contributed by atoms with Crippen molar-refractivity contribution in [1.82, 2.24) is 10.2 Å². The van der Waals surface area contributed by atoms with Crippen LogP contribution in [0.3, 0.4) is 0 Å². The molecule has 0 fully saturated rings. The first-order valence-corrected chi connectivity index (χ1v) is 8.22. The quantitative estimate of drug-likeness (QED) is 0.847. The van der Waals surface area contributed by atoms with Crippen molar-refractivity contribution in [1.29, 1.82) is 0 Å². The van der Waals surface area contributed by atoms with Gasteiger partial charge in [-0.3, -0.25) is 9.59 Å². The Morgan fingerprint density at radius 3 is 2.54 bits per heavy atom. The highest BCUT2D eigenvalue weighted by molar-refractivity contribution is 9.10. The first-order chi connectivity index (χ1) is 11.4. The number of likely N-dealkylation sites (N-methyl/N-ethyl adjacent to an activating group) is 1. The number of rotatable bonds is 5. The maximum absolute atomic E-state index is 13.8. The van der Waals surface area contributed by atoms with Crippen LogP contribution < -0.4 is 5.32 Å². The zero-order chi connectivity index (χ0) is 17.7. The monoisotopic (exact) mass is 392 g/mol. The van der Waals surface area contributed by atoms with E-state index in [1.807, 2.05) is 6.07 Å². The number of amides is 2. The number of nitrogens with one attached hydrogen (secondary N) is 1. The van der Waals surface area contributed by atoms with Crippen molar-refractivity contribution in [2.45, 2.75) is 19.5 Å². The van der Waals surface area contributed by atoms with E-state index < -0.39 is 6.04 Å². The predicted octanol–water partition coefficient (Wildman–Crippen LogP) is 3.37. The number of carbonyl (C=O) groups excluding carboxylic acids is 2. The summed E-state index contributed by atoms with van der Waals surface area (Å²) in [5, 5.41) is 2.66. The fourth-order valence-electron chi connectivity index (χ4n) is 2.26. The molecule has 2 aromatic carbocycles. The van der Waals surface area contributed by atoms with Gasteiger partial charge in [0.05, 0.1) is 0 Å². The average Bonchev–Trinajstić information content (AvgIpc) is 2.58. The highest BCUT2D eigenvalue weighted by Crippen LogP contribution is 2.17. The molecule has 0 bridgehead atoms. The molecule has 1 N–H and O–H groups in total. The molecule has 2 aromatic rings. The van der Waals surface area contributed by atoms with Gasteiger partial charge in [-0.05, 0) is 37.3 Å². The second-order valence-corrected chi connectivity index (χ2v) is 6.41. The van der Waals surface area contributed by atoms with Gasteiger partial charge < -0.3 is 10.2 Å². The van der Waals surface area contributed by atoms with Gasteiger partial charge in [0.15, 0.2) is 0 Å². The van der Waals surface area contributed by atoms with Crippen molar-refractivity contribution in [3.63, 3.8) is 0 Å². The van der Waals surface area contributed by atoms with E-state index in [2.05, 4.69) is 21.2 Å². The Bertz CT molecular complexity index is 737. The highest BCUT2D eigenvalue weighted by atomic mass is 79.9. The fraction of sp³-hybridized carbons (Fsp3) is 0.222. The summed E-state index contributed by atoms with van der Waals surface area (Å²) in [6, 6.07) is 12.5. The third-order valence-electron chi connectivity index (χ3n) is 3.55. The number of carbonyl (C=O) groups is 2. The lowest BCUT2D eigenvalue weighted by Gasteiger charge is -2.22. The van der Waals surface area contributed by atoms with Crippen LogP contribution in [0.5, 0.6) is 0 Å². The maximum atomic E-state index is 13.8. The second kappa shape index (κ2) is 8.06. The fourth-order valence-corrected chi connectivity index (χ4v) is 2.67. The Morgan fingerprint density at radius 1 is 1.21 bits per heavy atom. The smallest absolute Gasteiger partial charge is 0.251 e. The van der Waals surface area contributed by atoms with Crippen LogP contribution in [0, 0.1) is 5.82 Å². The zero-order valence-corrected chi connectivity index (χ0v) is 15.0. The van der Waals surface area contributed by atoms with Crippen LogP contribution in [0.4, 0.5) is 4.39 Å². The molecule has 0 spiro atoms. The van der Waals surface area contributed by atoms with Gasteiger partial charge in [0.25, 0.3) is 5.91 Å². The topological polar surface area (TPSA) is 49.4 Å². The third kappa shape index (κ3) is 4.64. The largest absolute Gasteiger partial charge is 0.341 e. The maximum Gasteiger partial charge on any atom is 0.251 e. The van der Waals surface area contributed by atoms with Crippen LogP contribution >= 0.6 is 15.9 Å². The van der Waals surface area contributed by atoms with Crippen LogP contribution in [0.1, 0.15) is 22.8 Å².